The smallest absolute Gasteiger partial charge is 0.241 e. The molecule has 1 aliphatic heterocycles. The molecule has 1 saturated heterocycles. The fourth-order valence-electron chi connectivity index (χ4n) is 2.33. The van der Waals surface area contributed by atoms with E-state index >= 15 is 0 Å². The van der Waals surface area contributed by atoms with Crippen LogP contribution in [0.15, 0.2) is 24.3 Å². The molecule has 0 bridgehead atoms. The molecule has 1 amide bonds. The van der Waals surface area contributed by atoms with Crippen LogP contribution in [0.25, 0.3) is 0 Å². The summed E-state index contributed by atoms with van der Waals surface area (Å²) in [6.07, 6.45) is 0. The van der Waals surface area contributed by atoms with Gasteiger partial charge in [0, 0.05) is 18.8 Å². The molecule has 4 heteroatoms. The Labute approximate surface area is 121 Å². The lowest BCUT2D eigenvalue weighted by atomic mass is 10.0. The molecule has 0 unspecified atom stereocenters. The highest BCUT2D eigenvalue weighted by Gasteiger charge is 2.23. The number of benzene rings is 1. The van der Waals surface area contributed by atoms with Crippen molar-refractivity contribution in [3.05, 3.63) is 29.8 Å². The molecule has 110 valence electrons. The van der Waals surface area contributed by atoms with Crippen molar-refractivity contribution in [3.8, 4) is 0 Å². The van der Waals surface area contributed by atoms with Crippen LogP contribution in [0.3, 0.4) is 0 Å². The van der Waals surface area contributed by atoms with Gasteiger partial charge in [0.25, 0.3) is 0 Å². The number of carbonyl (C=O) groups is 1. The number of anilines is 1. The van der Waals surface area contributed by atoms with Gasteiger partial charge in [-0.3, -0.25) is 9.69 Å². The highest BCUT2D eigenvalue weighted by molar-refractivity contribution is 5.94. The van der Waals surface area contributed by atoms with Crippen molar-refractivity contribution in [1.82, 2.24) is 4.90 Å². The van der Waals surface area contributed by atoms with Crippen molar-refractivity contribution in [2.75, 3.05) is 31.6 Å². The maximum absolute atomic E-state index is 12.2. The second-order valence-electron chi connectivity index (χ2n) is 5.59. The Kier molecular flexibility index (Phi) is 5.15. The third-order valence-electron chi connectivity index (χ3n) is 3.82. The Morgan fingerprint density at radius 2 is 1.75 bits per heavy atom. The molecule has 20 heavy (non-hydrogen) atoms. The predicted molar refractivity (Wildman–Crippen MR) is 81.0 cm³/mol. The van der Waals surface area contributed by atoms with Crippen molar-refractivity contribution in [2.24, 2.45) is 0 Å². The van der Waals surface area contributed by atoms with Gasteiger partial charge in [-0.2, -0.15) is 0 Å². The van der Waals surface area contributed by atoms with Crippen LogP contribution in [0.5, 0.6) is 0 Å². The number of hydrogen-bond acceptors (Lipinski definition) is 3. The summed E-state index contributed by atoms with van der Waals surface area (Å²) in [4.78, 5) is 14.4. The summed E-state index contributed by atoms with van der Waals surface area (Å²) in [7, 11) is 0. The number of amides is 1. The second-order valence-corrected chi connectivity index (χ2v) is 5.59. The van der Waals surface area contributed by atoms with Crippen LogP contribution < -0.4 is 5.32 Å². The van der Waals surface area contributed by atoms with Crippen molar-refractivity contribution in [3.63, 3.8) is 0 Å². The Balaban J connectivity index is 1.92. The topological polar surface area (TPSA) is 41.6 Å². The summed E-state index contributed by atoms with van der Waals surface area (Å²) in [5.41, 5.74) is 2.14. The van der Waals surface area contributed by atoms with E-state index < -0.39 is 0 Å². The molecule has 0 saturated carbocycles. The van der Waals surface area contributed by atoms with Crippen molar-refractivity contribution in [2.45, 2.75) is 32.7 Å². The van der Waals surface area contributed by atoms with E-state index in [0.29, 0.717) is 19.1 Å². The van der Waals surface area contributed by atoms with Crippen LogP contribution in [-0.2, 0) is 9.53 Å². The second kappa shape index (κ2) is 6.86. The first kappa shape index (κ1) is 15.0. The van der Waals surface area contributed by atoms with Crippen LogP contribution in [0.4, 0.5) is 5.69 Å². The van der Waals surface area contributed by atoms with E-state index in [0.717, 1.165) is 18.8 Å². The normalized spacial score (nSPS) is 18.0. The van der Waals surface area contributed by atoms with Crippen LogP contribution >= 0.6 is 0 Å². The maximum Gasteiger partial charge on any atom is 0.241 e. The Hall–Kier alpha value is -1.39. The van der Waals surface area contributed by atoms with Gasteiger partial charge in [0.1, 0.15) is 0 Å². The molecule has 1 aromatic carbocycles. The molecule has 2 rings (SSSR count). The molecule has 1 fully saturated rings. The molecule has 0 aliphatic carbocycles. The quantitative estimate of drug-likeness (QED) is 0.918. The lowest BCUT2D eigenvalue weighted by Crippen LogP contribution is -2.47. The SMILES string of the molecule is CC(C)c1ccc(NC(=O)[C@H](C)N2CCOCC2)cc1. The molecule has 1 atom stereocenters. The number of rotatable bonds is 4. The van der Waals surface area contributed by atoms with E-state index in [1.807, 2.05) is 19.1 Å². The van der Waals surface area contributed by atoms with Crippen LogP contribution in [0.1, 0.15) is 32.3 Å². The van der Waals surface area contributed by atoms with Gasteiger partial charge in [-0.1, -0.05) is 26.0 Å². The average Bonchev–Trinajstić information content (AvgIpc) is 2.48. The van der Waals surface area contributed by atoms with E-state index in [2.05, 4.69) is 36.2 Å². The summed E-state index contributed by atoms with van der Waals surface area (Å²) in [5, 5.41) is 2.98. The lowest BCUT2D eigenvalue weighted by Gasteiger charge is -2.31. The molecule has 0 spiro atoms. The van der Waals surface area contributed by atoms with E-state index in [1.165, 1.54) is 5.56 Å². The molecule has 1 heterocycles. The monoisotopic (exact) mass is 276 g/mol. The van der Waals surface area contributed by atoms with E-state index in [4.69, 9.17) is 4.74 Å². The number of morpholine rings is 1. The zero-order valence-electron chi connectivity index (χ0n) is 12.6. The highest BCUT2D eigenvalue weighted by Crippen LogP contribution is 2.17. The lowest BCUT2D eigenvalue weighted by molar-refractivity contribution is -0.122. The van der Waals surface area contributed by atoms with Crippen LogP contribution in [0, 0.1) is 0 Å². The van der Waals surface area contributed by atoms with Crippen molar-refractivity contribution >= 4 is 11.6 Å². The number of hydrogen-bond donors (Lipinski definition) is 1. The summed E-state index contributed by atoms with van der Waals surface area (Å²) < 4.78 is 5.31. The number of carbonyl (C=O) groups excluding carboxylic acids is 1. The third kappa shape index (κ3) is 3.81. The first-order valence-electron chi connectivity index (χ1n) is 7.30. The van der Waals surface area contributed by atoms with Crippen molar-refractivity contribution < 1.29 is 9.53 Å². The van der Waals surface area contributed by atoms with Gasteiger partial charge in [0.15, 0.2) is 0 Å². The fraction of sp³-hybridized carbons (Fsp3) is 0.562. The number of ether oxygens (including phenoxy) is 1. The largest absolute Gasteiger partial charge is 0.379 e. The molecule has 4 nitrogen and oxygen atoms in total. The summed E-state index contributed by atoms with van der Waals surface area (Å²) in [6, 6.07) is 7.96. The third-order valence-corrected chi connectivity index (χ3v) is 3.82. The first-order valence-corrected chi connectivity index (χ1v) is 7.30. The molecule has 1 N–H and O–H groups in total. The standard InChI is InChI=1S/C16H24N2O2/c1-12(2)14-4-6-15(7-5-14)17-16(19)13(3)18-8-10-20-11-9-18/h4-7,12-13H,8-11H2,1-3H3,(H,17,19)/t13-/m0/s1. The van der Waals surface area contributed by atoms with Gasteiger partial charge >= 0.3 is 0 Å². The number of nitrogens with zero attached hydrogens (tertiary/aromatic N) is 1. The fourth-order valence-corrected chi connectivity index (χ4v) is 2.33. The Morgan fingerprint density at radius 1 is 1.15 bits per heavy atom. The Bertz CT molecular complexity index is 436. The molecule has 0 aromatic heterocycles. The van der Waals surface area contributed by atoms with E-state index in [1.54, 1.807) is 0 Å². The van der Waals surface area contributed by atoms with Gasteiger partial charge in [-0.15, -0.1) is 0 Å². The van der Waals surface area contributed by atoms with Gasteiger partial charge in [-0.25, -0.2) is 0 Å². The van der Waals surface area contributed by atoms with Gasteiger partial charge in [-0.05, 0) is 30.5 Å². The minimum absolute atomic E-state index is 0.0456. The molecule has 0 radical (unpaired) electrons. The molecule has 1 aliphatic rings. The van der Waals surface area contributed by atoms with Crippen LogP contribution in [0.2, 0.25) is 0 Å². The summed E-state index contributed by atoms with van der Waals surface area (Å²) in [5.74, 6) is 0.552. The number of nitrogens with one attached hydrogen (secondary N) is 1. The van der Waals surface area contributed by atoms with Crippen LogP contribution in [-0.4, -0.2) is 43.2 Å². The average molecular weight is 276 g/mol. The predicted octanol–water partition coefficient (Wildman–Crippen LogP) is 2.47. The van der Waals surface area contributed by atoms with E-state index in [9.17, 15) is 4.79 Å². The zero-order chi connectivity index (χ0) is 14.5. The summed E-state index contributed by atoms with van der Waals surface area (Å²) >= 11 is 0. The van der Waals surface area contributed by atoms with Crippen molar-refractivity contribution in [1.29, 1.82) is 0 Å². The Morgan fingerprint density at radius 3 is 2.30 bits per heavy atom. The zero-order valence-corrected chi connectivity index (χ0v) is 12.6. The molecular formula is C16H24N2O2. The first-order chi connectivity index (χ1) is 9.58. The van der Waals surface area contributed by atoms with Gasteiger partial charge < -0.3 is 10.1 Å². The molecular weight excluding hydrogens is 252 g/mol. The van der Waals surface area contributed by atoms with Gasteiger partial charge in [0.2, 0.25) is 5.91 Å². The molecule has 1 aromatic rings. The minimum Gasteiger partial charge on any atom is -0.379 e. The highest BCUT2D eigenvalue weighted by atomic mass is 16.5. The summed E-state index contributed by atoms with van der Waals surface area (Å²) in [6.45, 7) is 9.33. The minimum atomic E-state index is -0.122. The maximum atomic E-state index is 12.2. The van der Waals surface area contributed by atoms with E-state index in [-0.39, 0.29) is 11.9 Å². The van der Waals surface area contributed by atoms with Gasteiger partial charge in [0.05, 0.1) is 19.3 Å².